The number of rotatable bonds is 0. The second-order valence-electron chi connectivity index (χ2n) is 0. The van der Waals surface area contributed by atoms with Crippen LogP contribution in [0.15, 0.2) is 0 Å². The third-order valence-corrected chi connectivity index (χ3v) is 0. The Kier molecular flexibility index (Phi) is 159. The molecule has 0 aliphatic heterocycles. The van der Waals surface area contributed by atoms with Crippen molar-refractivity contribution in [3.63, 3.8) is 0 Å². The van der Waals surface area contributed by atoms with Crippen molar-refractivity contribution in [3.8, 4) is 0 Å². The van der Waals surface area contributed by atoms with Crippen molar-refractivity contribution in [1.82, 2.24) is 0 Å². The Morgan fingerprint density at radius 3 is 1.00 bits per heavy atom. The standard InChI is InChI=1S/ClH.2Na.H2O.H/h1H;;;1H2;/q;2*+1;;-1. The van der Waals surface area contributed by atoms with Gasteiger partial charge >= 0.3 is 59.1 Å². The van der Waals surface area contributed by atoms with E-state index in [4.69, 9.17) is 0 Å². The average molecular weight is 101 g/mol. The van der Waals surface area contributed by atoms with Crippen LogP contribution in [0.5, 0.6) is 0 Å². The van der Waals surface area contributed by atoms with E-state index >= 15 is 0 Å². The van der Waals surface area contributed by atoms with E-state index in [1.54, 1.807) is 0 Å². The number of hydrogen-bond acceptors (Lipinski definition) is 0. The van der Waals surface area contributed by atoms with Gasteiger partial charge in [-0.1, -0.05) is 0 Å². The molecule has 2 N–H and O–H groups in total. The first-order valence-corrected chi connectivity index (χ1v) is 0. The SMILES string of the molecule is Cl.O.[H-].[Na+].[Na+]. The molecule has 1 nitrogen and oxygen atoms in total. The van der Waals surface area contributed by atoms with Crippen molar-refractivity contribution < 1.29 is 66.0 Å². The first kappa shape index (κ1) is 34.0. The first-order chi connectivity index (χ1) is 0. The van der Waals surface area contributed by atoms with Gasteiger partial charge in [0.2, 0.25) is 0 Å². The molecule has 0 aromatic rings. The second kappa shape index (κ2) is 18.7. The molecule has 0 rings (SSSR count). The van der Waals surface area contributed by atoms with Crippen LogP contribution in [0.1, 0.15) is 1.43 Å². The third kappa shape index (κ3) is 8.87. The molecule has 0 unspecified atom stereocenters. The predicted octanol–water partition coefficient (Wildman–Crippen LogP) is -6.28. The van der Waals surface area contributed by atoms with Gasteiger partial charge in [0.25, 0.3) is 0 Å². The van der Waals surface area contributed by atoms with E-state index in [0.29, 0.717) is 0 Å². The minimum atomic E-state index is 0. The van der Waals surface area contributed by atoms with Gasteiger partial charge in [-0.15, -0.1) is 12.4 Å². The van der Waals surface area contributed by atoms with Crippen LogP contribution in [0.2, 0.25) is 0 Å². The van der Waals surface area contributed by atoms with Crippen molar-refractivity contribution in [2.45, 2.75) is 0 Å². The molecule has 0 radical (unpaired) electrons. The molecular weight excluding hydrogens is 97.4 g/mol. The molecule has 18 valence electrons. The summed E-state index contributed by atoms with van der Waals surface area (Å²) in [6.45, 7) is 0. The third-order valence-electron chi connectivity index (χ3n) is 0. The van der Waals surface area contributed by atoms with Gasteiger partial charge in [-0.05, 0) is 0 Å². The molecule has 0 aromatic carbocycles. The maximum atomic E-state index is 0. The average Bonchev–Trinajstić information content (AvgIpc) is 0. The Morgan fingerprint density at radius 1 is 1.00 bits per heavy atom. The van der Waals surface area contributed by atoms with Gasteiger partial charge < -0.3 is 6.90 Å². The van der Waals surface area contributed by atoms with Crippen LogP contribution in [0, 0.1) is 0 Å². The van der Waals surface area contributed by atoms with Gasteiger partial charge in [-0.25, -0.2) is 0 Å². The fourth-order valence-corrected chi connectivity index (χ4v) is 0. The van der Waals surface area contributed by atoms with E-state index in [-0.39, 0.29) is 78.4 Å². The van der Waals surface area contributed by atoms with Crippen LogP contribution in [-0.2, 0) is 0 Å². The van der Waals surface area contributed by atoms with Crippen molar-refractivity contribution in [3.05, 3.63) is 0 Å². The number of hydrogen-bond donors (Lipinski definition) is 0. The maximum Gasteiger partial charge on any atom is 1.00 e. The quantitative estimate of drug-likeness (QED) is 0.272. The largest absolute Gasteiger partial charge is 1.00 e. The zero-order valence-electron chi connectivity index (χ0n) is 3.91. The molecule has 0 aliphatic rings. The molecule has 0 amide bonds. The van der Waals surface area contributed by atoms with E-state index in [1.165, 1.54) is 0 Å². The number of halogens is 1. The fourth-order valence-electron chi connectivity index (χ4n) is 0. The van der Waals surface area contributed by atoms with Gasteiger partial charge in [0.15, 0.2) is 0 Å². The van der Waals surface area contributed by atoms with Crippen LogP contribution in [0.4, 0.5) is 0 Å². The summed E-state index contributed by atoms with van der Waals surface area (Å²) in [5.74, 6) is 0. The molecule has 0 aromatic heterocycles. The normalized spacial score (nSPS) is 0. The molecule has 0 heterocycles. The van der Waals surface area contributed by atoms with Crippen molar-refractivity contribution >= 4 is 12.4 Å². The van der Waals surface area contributed by atoms with Gasteiger partial charge in [0.1, 0.15) is 0 Å². The van der Waals surface area contributed by atoms with Gasteiger partial charge in [-0.2, -0.15) is 0 Å². The topological polar surface area (TPSA) is 31.5 Å². The molecule has 0 fully saturated rings. The van der Waals surface area contributed by atoms with Crippen LogP contribution in [0.3, 0.4) is 0 Å². The molecular formula is H4ClNa2O+. The van der Waals surface area contributed by atoms with Crippen molar-refractivity contribution in [1.29, 1.82) is 0 Å². The van der Waals surface area contributed by atoms with Gasteiger partial charge in [-0.3, -0.25) is 0 Å². The van der Waals surface area contributed by atoms with Crippen LogP contribution in [0.25, 0.3) is 0 Å². The summed E-state index contributed by atoms with van der Waals surface area (Å²) in [5.41, 5.74) is 0. The summed E-state index contributed by atoms with van der Waals surface area (Å²) < 4.78 is 0. The zero-order valence-corrected chi connectivity index (χ0v) is 7.72. The maximum absolute atomic E-state index is 0. The molecule has 0 bridgehead atoms. The molecule has 0 spiro atoms. The summed E-state index contributed by atoms with van der Waals surface area (Å²) in [7, 11) is 0. The van der Waals surface area contributed by atoms with E-state index in [0.717, 1.165) is 0 Å². The summed E-state index contributed by atoms with van der Waals surface area (Å²) >= 11 is 0. The predicted molar refractivity (Wildman–Crippen MR) is 12.0 cm³/mol. The van der Waals surface area contributed by atoms with Crippen LogP contribution >= 0.6 is 12.4 Å². The fraction of sp³-hybridized carbons (Fsp3) is 0. The molecule has 0 aliphatic carbocycles. The monoisotopic (exact) mass is 101 g/mol. The van der Waals surface area contributed by atoms with E-state index in [9.17, 15) is 0 Å². The minimum absolute atomic E-state index is 0. The zero-order chi connectivity index (χ0) is 0. The molecule has 0 saturated heterocycles. The summed E-state index contributed by atoms with van der Waals surface area (Å²) in [6.07, 6.45) is 0. The second-order valence-corrected chi connectivity index (χ2v) is 0. The summed E-state index contributed by atoms with van der Waals surface area (Å²) in [6, 6.07) is 0. The minimum Gasteiger partial charge on any atom is -1.00 e. The van der Waals surface area contributed by atoms with E-state index in [2.05, 4.69) is 0 Å². The summed E-state index contributed by atoms with van der Waals surface area (Å²) in [4.78, 5) is 0. The van der Waals surface area contributed by atoms with E-state index in [1.807, 2.05) is 0 Å². The Morgan fingerprint density at radius 2 is 1.00 bits per heavy atom. The summed E-state index contributed by atoms with van der Waals surface area (Å²) in [5, 5.41) is 0. The van der Waals surface area contributed by atoms with Gasteiger partial charge in [0, 0.05) is 0 Å². The molecule has 0 atom stereocenters. The Bertz CT molecular complexity index is 9.61. The Labute approximate surface area is 77.3 Å². The van der Waals surface area contributed by atoms with E-state index < -0.39 is 0 Å². The molecule has 0 saturated carbocycles. The first-order valence-electron chi connectivity index (χ1n) is 0. The van der Waals surface area contributed by atoms with Crippen LogP contribution < -0.4 is 59.1 Å². The molecule has 4 heavy (non-hydrogen) atoms. The Hall–Kier alpha value is 2.25. The smallest absolute Gasteiger partial charge is 1.00 e. The Balaban J connectivity index is 0. The van der Waals surface area contributed by atoms with Crippen molar-refractivity contribution in [2.75, 3.05) is 0 Å². The molecule has 4 heteroatoms. The van der Waals surface area contributed by atoms with Crippen molar-refractivity contribution in [2.24, 2.45) is 0 Å². The van der Waals surface area contributed by atoms with Gasteiger partial charge in [0.05, 0.1) is 0 Å². The van der Waals surface area contributed by atoms with Crippen LogP contribution in [-0.4, -0.2) is 5.48 Å².